The number of amides is 2. The van der Waals surface area contributed by atoms with Gasteiger partial charge in [0.15, 0.2) is 11.7 Å². The largest absolute Gasteiger partial charge is 0.482 e. The topological polar surface area (TPSA) is 79.5 Å². The van der Waals surface area contributed by atoms with Gasteiger partial charge in [0.1, 0.15) is 5.75 Å². The number of thiocarbonyl (C=S) groups is 1. The zero-order chi connectivity index (χ0) is 18.2. The van der Waals surface area contributed by atoms with E-state index in [1.165, 1.54) is 18.9 Å². The summed E-state index contributed by atoms with van der Waals surface area (Å²) in [6.07, 6.45) is 4.96. The van der Waals surface area contributed by atoms with Crippen LogP contribution in [0.2, 0.25) is 10.0 Å². The highest BCUT2D eigenvalue weighted by Crippen LogP contribution is 2.28. The van der Waals surface area contributed by atoms with Crippen LogP contribution in [-0.4, -0.2) is 23.5 Å². The molecule has 0 bridgehead atoms. The average molecular weight is 404 g/mol. The van der Waals surface area contributed by atoms with Crippen molar-refractivity contribution in [3.8, 4) is 5.75 Å². The fourth-order valence-electron chi connectivity index (χ4n) is 2.58. The quantitative estimate of drug-likeness (QED) is 0.520. The molecule has 0 aromatic heterocycles. The van der Waals surface area contributed by atoms with Crippen LogP contribution in [0.4, 0.5) is 0 Å². The number of benzene rings is 1. The van der Waals surface area contributed by atoms with Crippen LogP contribution >= 0.6 is 35.4 Å². The fraction of sp³-hybridized carbons (Fsp3) is 0.438. The molecule has 0 aliphatic heterocycles. The minimum atomic E-state index is -0.474. The first-order valence-corrected chi connectivity index (χ1v) is 9.07. The van der Waals surface area contributed by atoms with E-state index in [-0.39, 0.29) is 17.6 Å². The van der Waals surface area contributed by atoms with Crippen molar-refractivity contribution < 1.29 is 14.3 Å². The van der Waals surface area contributed by atoms with Gasteiger partial charge in [-0.2, -0.15) is 0 Å². The number of carbonyl (C=O) groups excluding carboxylic acids is 2. The Kier molecular flexibility index (Phi) is 7.74. The predicted molar refractivity (Wildman–Crippen MR) is 101 cm³/mol. The van der Waals surface area contributed by atoms with Crippen LogP contribution in [0.5, 0.6) is 5.75 Å². The molecule has 0 saturated heterocycles. The Morgan fingerprint density at radius 1 is 1.16 bits per heavy atom. The standard InChI is InChI=1S/C16H19Cl2N3O3S/c17-11-5-6-13(12(18)8-11)24-9-15(23)20-21-16(25)19-14(22)7-10-3-1-2-4-10/h5-6,8,10H,1-4,7,9H2,(H,20,23)(H2,19,21,22,25). The number of rotatable bonds is 5. The zero-order valence-electron chi connectivity index (χ0n) is 13.4. The number of hydrazine groups is 1. The molecule has 0 radical (unpaired) electrons. The maximum atomic E-state index is 11.8. The molecule has 1 aliphatic rings. The summed E-state index contributed by atoms with van der Waals surface area (Å²) < 4.78 is 5.28. The number of hydrogen-bond acceptors (Lipinski definition) is 4. The third-order valence-electron chi connectivity index (χ3n) is 3.77. The second kappa shape index (κ2) is 9.79. The van der Waals surface area contributed by atoms with Gasteiger partial charge >= 0.3 is 0 Å². The van der Waals surface area contributed by atoms with E-state index in [0.29, 0.717) is 28.1 Å². The molecule has 1 fully saturated rings. The SMILES string of the molecule is O=C(COc1ccc(Cl)cc1Cl)NNC(=S)NC(=O)CC1CCCC1. The third-order valence-corrected chi connectivity index (χ3v) is 4.50. The van der Waals surface area contributed by atoms with Crippen LogP contribution in [-0.2, 0) is 9.59 Å². The predicted octanol–water partition coefficient (Wildman–Crippen LogP) is 2.97. The summed E-state index contributed by atoms with van der Waals surface area (Å²) in [6.45, 7) is -0.271. The van der Waals surface area contributed by atoms with E-state index >= 15 is 0 Å². The van der Waals surface area contributed by atoms with E-state index in [0.717, 1.165) is 12.8 Å². The number of carbonyl (C=O) groups is 2. The monoisotopic (exact) mass is 403 g/mol. The summed E-state index contributed by atoms with van der Waals surface area (Å²) in [5.41, 5.74) is 4.81. The number of halogens is 2. The Bertz CT molecular complexity index is 652. The Balaban J connectivity index is 1.65. The van der Waals surface area contributed by atoms with Crippen molar-refractivity contribution in [2.75, 3.05) is 6.61 Å². The van der Waals surface area contributed by atoms with Gasteiger partial charge in [-0.3, -0.25) is 20.4 Å². The summed E-state index contributed by atoms with van der Waals surface area (Å²) in [4.78, 5) is 23.6. The summed E-state index contributed by atoms with van der Waals surface area (Å²) in [5.74, 6) is 0.143. The molecule has 0 unspecified atom stereocenters. The second-order valence-corrected chi connectivity index (χ2v) is 7.02. The van der Waals surface area contributed by atoms with Gasteiger partial charge in [0, 0.05) is 11.4 Å². The minimum Gasteiger partial charge on any atom is -0.482 e. The third kappa shape index (κ3) is 7.05. The maximum absolute atomic E-state index is 11.8. The molecular formula is C16H19Cl2N3O3S. The lowest BCUT2D eigenvalue weighted by Gasteiger charge is -2.13. The summed E-state index contributed by atoms with van der Waals surface area (Å²) in [6, 6.07) is 4.69. The van der Waals surface area contributed by atoms with Crippen LogP contribution in [0.1, 0.15) is 32.1 Å². The van der Waals surface area contributed by atoms with Gasteiger partial charge in [0.05, 0.1) is 5.02 Å². The summed E-state index contributed by atoms with van der Waals surface area (Å²) in [7, 11) is 0. The highest BCUT2D eigenvalue weighted by atomic mass is 35.5. The highest BCUT2D eigenvalue weighted by Gasteiger charge is 2.18. The maximum Gasteiger partial charge on any atom is 0.276 e. The molecular weight excluding hydrogens is 385 g/mol. The minimum absolute atomic E-state index is 0.0425. The fourth-order valence-corrected chi connectivity index (χ4v) is 3.21. The van der Waals surface area contributed by atoms with Crippen molar-refractivity contribution in [2.45, 2.75) is 32.1 Å². The van der Waals surface area contributed by atoms with Crippen molar-refractivity contribution in [1.82, 2.24) is 16.2 Å². The van der Waals surface area contributed by atoms with Crippen LogP contribution in [0.3, 0.4) is 0 Å². The number of nitrogens with one attached hydrogen (secondary N) is 3. The average Bonchev–Trinajstić information content (AvgIpc) is 3.04. The normalized spacial score (nSPS) is 14.0. The molecule has 6 nitrogen and oxygen atoms in total. The number of ether oxygens (including phenoxy) is 1. The van der Waals surface area contributed by atoms with Gasteiger partial charge in [-0.15, -0.1) is 0 Å². The van der Waals surface area contributed by atoms with Crippen molar-refractivity contribution in [3.63, 3.8) is 0 Å². The lowest BCUT2D eigenvalue weighted by atomic mass is 10.0. The first-order chi connectivity index (χ1) is 11.9. The molecule has 1 aliphatic carbocycles. The van der Waals surface area contributed by atoms with Crippen molar-refractivity contribution in [3.05, 3.63) is 28.2 Å². The van der Waals surface area contributed by atoms with Crippen LogP contribution in [0, 0.1) is 5.92 Å². The molecule has 25 heavy (non-hydrogen) atoms. The molecule has 1 aromatic carbocycles. The van der Waals surface area contributed by atoms with Gasteiger partial charge in [-0.1, -0.05) is 36.0 Å². The summed E-state index contributed by atoms with van der Waals surface area (Å²) in [5, 5.41) is 3.37. The Labute approximate surface area is 161 Å². The zero-order valence-corrected chi connectivity index (χ0v) is 15.8. The van der Waals surface area contributed by atoms with Crippen LogP contribution in [0.15, 0.2) is 18.2 Å². The van der Waals surface area contributed by atoms with E-state index in [4.69, 9.17) is 40.2 Å². The van der Waals surface area contributed by atoms with Crippen molar-refractivity contribution in [1.29, 1.82) is 0 Å². The highest BCUT2D eigenvalue weighted by molar-refractivity contribution is 7.80. The van der Waals surface area contributed by atoms with Crippen molar-refractivity contribution in [2.24, 2.45) is 5.92 Å². The molecule has 0 spiro atoms. The first-order valence-electron chi connectivity index (χ1n) is 7.90. The molecule has 1 saturated carbocycles. The Hall–Kier alpha value is -1.57. The molecule has 0 heterocycles. The molecule has 1 aromatic rings. The summed E-state index contributed by atoms with van der Waals surface area (Å²) >= 11 is 16.7. The first kappa shape index (κ1) is 19.8. The number of hydrogen-bond donors (Lipinski definition) is 3. The lowest BCUT2D eigenvalue weighted by Crippen LogP contribution is -2.49. The van der Waals surface area contributed by atoms with Gasteiger partial charge in [0.2, 0.25) is 5.91 Å². The molecule has 2 rings (SSSR count). The van der Waals surface area contributed by atoms with Crippen LogP contribution < -0.4 is 20.9 Å². The van der Waals surface area contributed by atoms with Gasteiger partial charge < -0.3 is 10.1 Å². The van der Waals surface area contributed by atoms with Crippen LogP contribution in [0.25, 0.3) is 0 Å². The van der Waals surface area contributed by atoms with E-state index in [1.807, 2.05) is 0 Å². The van der Waals surface area contributed by atoms with Gasteiger partial charge in [-0.05, 0) is 49.2 Å². The smallest absolute Gasteiger partial charge is 0.276 e. The van der Waals surface area contributed by atoms with E-state index in [9.17, 15) is 9.59 Å². The Morgan fingerprint density at radius 2 is 1.88 bits per heavy atom. The molecule has 0 atom stereocenters. The molecule has 9 heteroatoms. The second-order valence-electron chi connectivity index (χ2n) is 5.77. The molecule has 136 valence electrons. The Morgan fingerprint density at radius 3 is 2.56 bits per heavy atom. The van der Waals surface area contributed by atoms with E-state index in [1.54, 1.807) is 12.1 Å². The van der Waals surface area contributed by atoms with E-state index in [2.05, 4.69) is 16.2 Å². The lowest BCUT2D eigenvalue weighted by molar-refractivity contribution is -0.124. The van der Waals surface area contributed by atoms with Crippen molar-refractivity contribution >= 4 is 52.3 Å². The molecule has 3 N–H and O–H groups in total. The van der Waals surface area contributed by atoms with E-state index < -0.39 is 5.91 Å². The van der Waals surface area contributed by atoms with Gasteiger partial charge in [-0.25, -0.2) is 0 Å². The van der Waals surface area contributed by atoms with Gasteiger partial charge in [0.25, 0.3) is 5.91 Å². The molecule has 2 amide bonds.